The molecule has 1 amide bonds. The Hall–Kier alpha value is -4.33. The fourth-order valence-corrected chi connectivity index (χ4v) is 5.68. The van der Waals surface area contributed by atoms with Crippen LogP contribution >= 0.6 is 0 Å². The fourth-order valence-electron chi connectivity index (χ4n) is 5.68. The van der Waals surface area contributed by atoms with Crippen molar-refractivity contribution in [1.29, 1.82) is 5.41 Å². The molecule has 0 spiro atoms. The Kier molecular flexibility index (Phi) is 9.90. The first kappa shape index (κ1) is 34.5. The first-order valence-electron chi connectivity index (χ1n) is 14.7. The number of hydrogen-bond acceptors (Lipinski definition) is 9. The number of Topliss-reactive ketones (excluding diaryl/α,β-unsaturated/α-hetero) is 1. The van der Waals surface area contributed by atoms with Crippen LogP contribution in [-0.2, 0) is 26.2 Å². The molecule has 250 valence electrons. The average Bonchev–Trinajstić information content (AvgIpc) is 3.54. The van der Waals surface area contributed by atoms with Crippen LogP contribution in [0.1, 0.15) is 65.1 Å². The number of rotatable bonds is 10. The van der Waals surface area contributed by atoms with Crippen LogP contribution in [0.4, 0.5) is 18.9 Å². The quantitative estimate of drug-likeness (QED) is 0.289. The minimum atomic E-state index is -5.16. The number of fused-ring (bicyclic) bond motifs is 1. The molecule has 4 rings (SSSR count). The molecule has 0 unspecified atom stereocenters. The van der Waals surface area contributed by atoms with Crippen LogP contribution in [-0.4, -0.2) is 94.3 Å². The molecule has 2 heterocycles. The zero-order valence-corrected chi connectivity index (χ0v) is 26.9. The Labute approximate surface area is 265 Å². The van der Waals surface area contributed by atoms with E-state index in [9.17, 15) is 27.6 Å². The summed E-state index contributed by atoms with van der Waals surface area (Å²) >= 11 is 0. The molecule has 14 heteroatoms. The number of carbonyl (C=O) groups is 3. The van der Waals surface area contributed by atoms with Crippen LogP contribution in [0.2, 0.25) is 0 Å². The lowest BCUT2D eigenvalue weighted by atomic mass is 9.84. The van der Waals surface area contributed by atoms with Crippen molar-refractivity contribution in [3.63, 3.8) is 0 Å². The third-order valence-corrected chi connectivity index (χ3v) is 8.00. The SMILES string of the molecule is CCOc1cc2c(cc1C(=O)NC)C(=N)N(CC(=O)c1cc(N3C[C@@H](OC)[C@H](OC(=O)C(F)(F)F)C3)c(OC)c(C(C)(C)C)c1)C2. The molecule has 0 saturated carbocycles. The largest absolute Gasteiger partial charge is 0.494 e. The number of esters is 1. The number of amidine groups is 1. The summed E-state index contributed by atoms with van der Waals surface area (Å²) in [5.74, 6) is -2.09. The van der Waals surface area contributed by atoms with E-state index in [-0.39, 0.29) is 49.3 Å². The molecule has 46 heavy (non-hydrogen) atoms. The van der Waals surface area contributed by atoms with E-state index in [1.807, 2.05) is 20.8 Å². The monoisotopic (exact) mass is 648 g/mol. The topological polar surface area (TPSA) is 130 Å². The molecule has 0 bridgehead atoms. The van der Waals surface area contributed by atoms with Gasteiger partial charge in [-0.05, 0) is 42.2 Å². The zero-order valence-electron chi connectivity index (χ0n) is 26.9. The van der Waals surface area contributed by atoms with Crippen LogP contribution in [0, 0.1) is 5.41 Å². The van der Waals surface area contributed by atoms with Crippen LogP contribution in [0.5, 0.6) is 11.5 Å². The van der Waals surface area contributed by atoms with Crippen molar-refractivity contribution in [2.24, 2.45) is 0 Å². The molecule has 1 saturated heterocycles. The zero-order chi connectivity index (χ0) is 34.1. The third kappa shape index (κ3) is 6.91. The number of methoxy groups -OCH3 is 2. The number of nitrogens with zero attached hydrogens (tertiary/aromatic N) is 2. The summed E-state index contributed by atoms with van der Waals surface area (Å²) in [5, 5.41) is 11.4. The van der Waals surface area contributed by atoms with Crippen molar-refractivity contribution in [3.05, 3.63) is 52.1 Å². The van der Waals surface area contributed by atoms with E-state index in [4.69, 9.17) is 24.4 Å². The molecule has 0 radical (unpaired) electrons. The Balaban J connectivity index is 1.66. The van der Waals surface area contributed by atoms with Crippen molar-refractivity contribution in [2.75, 3.05) is 52.4 Å². The lowest BCUT2D eigenvalue weighted by Crippen LogP contribution is -2.36. The van der Waals surface area contributed by atoms with E-state index in [0.717, 1.165) is 5.56 Å². The van der Waals surface area contributed by atoms with E-state index in [0.29, 0.717) is 40.5 Å². The van der Waals surface area contributed by atoms with E-state index in [2.05, 4.69) is 5.32 Å². The summed E-state index contributed by atoms with van der Waals surface area (Å²) in [7, 11) is 4.29. The molecular weight excluding hydrogens is 609 g/mol. The number of benzene rings is 2. The molecule has 11 nitrogen and oxygen atoms in total. The lowest BCUT2D eigenvalue weighted by Gasteiger charge is -2.29. The van der Waals surface area contributed by atoms with Gasteiger partial charge in [-0.15, -0.1) is 0 Å². The van der Waals surface area contributed by atoms with Crippen LogP contribution in [0.15, 0.2) is 24.3 Å². The normalized spacial score (nSPS) is 18.0. The Morgan fingerprint density at radius 2 is 1.72 bits per heavy atom. The molecule has 2 N–H and O–H groups in total. The predicted octanol–water partition coefficient (Wildman–Crippen LogP) is 4.08. The van der Waals surface area contributed by atoms with Gasteiger partial charge in [0.2, 0.25) is 0 Å². The van der Waals surface area contributed by atoms with E-state index < -0.39 is 29.8 Å². The van der Waals surface area contributed by atoms with Gasteiger partial charge in [-0.1, -0.05) is 20.8 Å². The minimum Gasteiger partial charge on any atom is -0.494 e. The molecular formula is C32H39F3N4O7. The molecule has 0 aliphatic carbocycles. The number of ketones is 1. The van der Waals surface area contributed by atoms with Gasteiger partial charge in [-0.25, -0.2) is 4.79 Å². The van der Waals surface area contributed by atoms with Crippen molar-refractivity contribution in [2.45, 2.75) is 58.0 Å². The molecule has 2 aromatic carbocycles. The maximum Gasteiger partial charge on any atom is 0.490 e. The van der Waals surface area contributed by atoms with Gasteiger partial charge in [0.05, 0.1) is 38.1 Å². The lowest BCUT2D eigenvalue weighted by molar-refractivity contribution is -0.207. The summed E-state index contributed by atoms with van der Waals surface area (Å²) in [4.78, 5) is 41.3. The highest BCUT2D eigenvalue weighted by Gasteiger charge is 2.46. The predicted molar refractivity (Wildman–Crippen MR) is 163 cm³/mol. The van der Waals surface area contributed by atoms with Crippen molar-refractivity contribution >= 4 is 29.2 Å². The first-order chi connectivity index (χ1) is 21.5. The number of ether oxygens (including phenoxy) is 4. The standard InChI is InChI=1S/C32H39F3N4O7/c1-8-45-24-11-18-13-39(28(36)19(18)12-20(24)29(41)37-5)14-23(40)17-9-21(31(2,3)4)27(44-7)22(10-17)38-15-25(43-6)26(16-38)46-30(42)32(33,34)35/h9-12,25-26,36H,8,13-16H2,1-7H3,(H,37,41)/t25-,26-/m1/s1. The Bertz CT molecular complexity index is 1540. The number of alkyl halides is 3. The van der Waals surface area contributed by atoms with E-state index >= 15 is 0 Å². The van der Waals surface area contributed by atoms with Gasteiger partial charge in [-0.3, -0.25) is 15.0 Å². The van der Waals surface area contributed by atoms with E-state index in [1.54, 1.807) is 41.0 Å². The van der Waals surface area contributed by atoms with Crippen molar-refractivity contribution in [3.8, 4) is 11.5 Å². The maximum atomic E-state index is 13.9. The van der Waals surface area contributed by atoms with Gasteiger partial charge >= 0.3 is 12.1 Å². The smallest absolute Gasteiger partial charge is 0.490 e. The number of nitrogens with one attached hydrogen (secondary N) is 2. The number of halogens is 3. The highest BCUT2D eigenvalue weighted by Crippen LogP contribution is 2.42. The van der Waals surface area contributed by atoms with Gasteiger partial charge in [0.25, 0.3) is 5.91 Å². The first-order valence-corrected chi connectivity index (χ1v) is 14.7. The van der Waals surface area contributed by atoms with E-state index in [1.165, 1.54) is 21.3 Å². The summed E-state index contributed by atoms with van der Waals surface area (Å²) in [6.07, 6.45) is -7.24. The minimum absolute atomic E-state index is 0.0752. The highest BCUT2D eigenvalue weighted by molar-refractivity contribution is 6.08. The number of carbonyl (C=O) groups excluding carboxylic acids is 3. The second-order valence-corrected chi connectivity index (χ2v) is 12.1. The number of amides is 1. The third-order valence-electron chi connectivity index (χ3n) is 8.00. The van der Waals surface area contributed by atoms with Crippen molar-refractivity contribution in [1.82, 2.24) is 10.2 Å². The van der Waals surface area contributed by atoms with Gasteiger partial charge in [-0.2, -0.15) is 13.2 Å². The summed E-state index contributed by atoms with van der Waals surface area (Å²) in [5.41, 5.74) is 2.44. The van der Waals surface area contributed by atoms with Crippen LogP contribution in [0.3, 0.4) is 0 Å². The Morgan fingerprint density at radius 3 is 2.28 bits per heavy atom. The van der Waals surface area contributed by atoms with Gasteiger partial charge in [0.1, 0.15) is 29.5 Å². The van der Waals surface area contributed by atoms with Gasteiger partial charge in [0.15, 0.2) is 5.78 Å². The summed E-state index contributed by atoms with van der Waals surface area (Å²) in [6, 6.07) is 6.63. The highest BCUT2D eigenvalue weighted by atomic mass is 19.4. The number of hydrogen-bond donors (Lipinski definition) is 2. The van der Waals surface area contributed by atoms with Crippen LogP contribution in [0.25, 0.3) is 0 Å². The molecule has 1 fully saturated rings. The summed E-state index contributed by atoms with van der Waals surface area (Å²) < 4.78 is 60.5. The molecule has 2 atom stereocenters. The summed E-state index contributed by atoms with van der Waals surface area (Å²) in [6.45, 7) is 7.99. The van der Waals surface area contributed by atoms with Gasteiger partial charge < -0.3 is 34.1 Å². The Morgan fingerprint density at radius 1 is 1.04 bits per heavy atom. The maximum absolute atomic E-state index is 13.9. The number of anilines is 1. The molecule has 2 aliphatic heterocycles. The fraction of sp³-hybridized carbons (Fsp3) is 0.500. The van der Waals surface area contributed by atoms with Crippen molar-refractivity contribution < 1.29 is 46.5 Å². The molecule has 2 aliphatic rings. The van der Waals surface area contributed by atoms with Crippen LogP contribution < -0.4 is 19.7 Å². The molecule has 2 aromatic rings. The average molecular weight is 649 g/mol. The second-order valence-electron chi connectivity index (χ2n) is 12.1. The second kappa shape index (κ2) is 13.2. The molecule has 0 aromatic heterocycles. The van der Waals surface area contributed by atoms with Gasteiger partial charge in [0, 0.05) is 43.9 Å².